The molecule has 0 aliphatic carbocycles. The van der Waals surface area contributed by atoms with Crippen LogP contribution in [-0.2, 0) is 17.5 Å². The molecule has 3 heterocycles. The maximum atomic E-state index is 13.5. The molecule has 0 spiro atoms. The Hall–Kier alpha value is -3.51. The first-order valence-electron chi connectivity index (χ1n) is 11.1. The van der Waals surface area contributed by atoms with Gasteiger partial charge in [-0.2, -0.15) is 18.3 Å². The van der Waals surface area contributed by atoms with E-state index in [9.17, 15) is 27.6 Å². The molecule has 2 aliphatic heterocycles. The van der Waals surface area contributed by atoms with Crippen molar-refractivity contribution in [3.05, 3.63) is 69.2 Å². The number of aromatic nitrogens is 2. The molecule has 0 unspecified atom stereocenters. The van der Waals surface area contributed by atoms with E-state index in [-0.39, 0.29) is 35.1 Å². The van der Waals surface area contributed by atoms with Gasteiger partial charge in [0.25, 0.3) is 11.1 Å². The first-order chi connectivity index (χ1) is 17.5. The van der Waals surface area contributed by atoms with Crippen LogP contribution >= 0.6 is 23.4 Å². The zero-order chi connectivity index (χ0) is 26.5. The summed E-state index contributed by atoms with van der Waals surface area (Å²) < 4.78 is 41.9. The zero-order valence-corrected chi connectivity index (χ0v) is 20.5. The van der Waals surface area contributed by atoms with Gasteiger partial charge < -0.3 is 10.0 Å². The highest BCUT2D eigenvalue weighted by molar-refractivity contribution is 8.18. The molecule has 3 amide bonds. The van der Waals surface area contributed by atoms with Gasteiger partial charge >= 0.3 is 12.3 Å². The summed E-state index contributed by atoms with van der Waals surface area (Å²) in [4.78, 5) is 39.1. The van der Waals surface area contributed by atoms with Crippen LogP contribution in [0.4, 0.5) is 22.8 Å². The molecule has 1 aromatic heterocycles. The summed E-state index contributed by atoms with van der Waals surface area (Å²) in [6.45, 7) is 0.208. The molecule has 13 heteroatoms. The lowest BCUT2D eigenvalue weighted by molar-refractivity contribution is -0.138. The average Bonchev–Trinajstić information content (AvgIpc) is 3.53. The summed E-state index contributed by atoms with van der Waals surface area (Å²) in [6, 6.07) is 8.19. The molecule has 8 nitrogen and oxygen atoms in total. The fraction of sp³-hybridized carbons (Fsp3) is 0.250. The summed E-state index contributed by atoms with van der Waals surface area (Å²) in [5, 5.41) is 13.6. The monoisotopic (exact) mass is 550 g/mol. The van der Waals surface area contributed by atoms with E-state index >= 15 is 0 Å². The van der Waals surface area contributed by atoms with Crippen LogP contribution in [0.15, 0.2) is 47.5 Å². The largest absolute Gasteiger partial charge is 0.465 e. The normalized spacial score (nSPS) is 19.6. The van der Waals surface area contributed by atoms with E-state index in [4.69, 9.17) is 16.7 Å². The van der Waals surface area contributed by atoms with E-state index in [1.807, 2.05) is 0 Å². The molecule has 3 aromatic rings. The molecule has 2 aliphatic rings. The van der Waals surface area contributed by atoms with E-state index in [0.29, 0.717) is 22.9 Å². The van der Waals surface area contributed by atoms with Crippen LogP contribution in [0, 0.1) is 0 Å². The van der Waals surface area contributed by atoms with Crippen molar-refractivity contribution in [2.45, 2.75) is 25.2 Å². The van der Waals surface area contributed by atoms with Gasteiger partial charge in [0.2, 0.25) is 0 Å². The van der Waals surface area contributed by atoms with Crippen molar-refractivity contribution in [3.8, 4) is 0 Å². The molecule has 192 valence electrons. The zero-order valence-electron chi connectivity index (χ0n) is 18.9. The predicted octanol–water partition coefficient (Wildman–Crippen LogP) is 5.55. The molecular weight excluding hydrogens is 533 g/mol. The molecule has 5 rings (SSSR count). The Labute approximate surface area is 217 Å². The number of carbonyl (C=O) groups excluding carboxylic acids is 2. The maximum absolute atomic E-state index is 13.5. The minimum Gasteiger partial charge on any atom is -0.465 e. The van der Waals surface area contributed by atoms with Gasteiger partial charge in [-0.25, -0.2) is 4.79 Å². The molecule has 2 fully saturated rings. The standard InChI is InChI=1S/C24H18ClF3N4O4S/c25-16-3-2-14(18(9-16)24(26,27)28)11-31-19-4-1-13(7-15(19)10-29-31)8-20-21(33)32(23(36)37-20)17-5-6-30(12-17)22(34)35/h1-4,7-10,17H,5-6,11-12H2,(H,34,35)/t17-/m0/s1. The minimum absolute atomic E-state index is 0.0115. The van der Waals surface area contributed by atoms with Gasteiger partial charge in [0.05, 0.1) is 34.8 Å². The Morgan fingerprint density at radius 1 is 1.22 bits per heavy atom. The molecule has 1 atom stereocenters. The van der Waals surface area contributed by atoms with Crippen LogP contribution in [0.1, 0.15) is 23.1 Å². The number of alkyl halides is 3. The molecule has 0 radical (unpaired) electrons. The van der Waals surface area contributed by atoms with Crippen LogP contribution in [-0.4, -0.2) is 61.1 Å². The topological polar surface area (TPSA) is 95.7 Å². The second-order valence-electron chi connectivity index (χ2n) is 8.64. The smallest absolute Gasteiger partial charge is 0.416 e. The number of thioether (sulfide) groups is 1. The second kappa shape index (κ2) is 9.42. The quantitative estimate of drug-likeness (QED) is 0.428. The van der Waals surface area contributed by atoms with Gasteiger partial charge in [0, 0.05) is 23.5 Å². The Morgan fingerprint density at radius 3 is 2.70 bits per heavy atom. The first kappa shape index (κ1) is 25.2. The number of fused-ring (bicyclic) bond motifs is 1. The number of benzene rings is 2. The van der Waals surface area contributed by atoms with Crippen LogP contribution in [0.3, 0.4) is 0 Å². The lowest BCUT2D eigenvalue weighted by atomic mass is 10.1. The molecule has 0 saturated carbocycles. The van der Waals surface area contributed by atoms with Gasteiger partial charge in [-0.05, 0) is 59.7 Å². The number of rotatable bonds is 4. The Kier molecular flexibility index (Phi) is 6.40. The predicted molar refractivity (Wildman–Crippen MR) is 131 cm³/mol. The summed E-state index contributed by atoms with van der Waals surface area (Å²) in [7, 11) is 0. The summed E-state index contributed by atoms with van der Waals surface area (Å²) in [5.41, 5.74) is 0.393. The van der Waals surface area contributed by atoms with Crippen LogP contribution < -0.4 is 0 Å². The highest BCUT2D eigenvalue weighted by Crippen LogP contribution is 2.37. The number of hydrogen-bond acceptors (Lipinski definition) is 5. The molecule has 37 heavy (non-hydrogen) atoms. The number of hydrogen-bond donors (Lipinski definition) is 1. The summed E-state index contributed by atoms with van der Waals surface area (Å²) >= 11 is 6.55. The number of carboxylic acid groups (broad SMARTS) is 1. The number of halogens is 4. The van der Waals surface area contributed by atoms with E-state index in [2.05, 4.69) is 5.10 Å². The molecule has 2 saturated heterocycles. The third kappa shape index (κ3) is 4.90. The minimum atomic E-state index is -4.57. The van der Waals surface area contributed by atoms with Crippen molar-refractivity contribution < 1.29 is 32.7 Å². The van der Waals surface area contributed by atoms with E-state index in [0.717, 1.165) is 22.7 Å². The first-order valence-corrected chi connectivity index (χ1v) is 12.3. The third-order valence-corrected chi connectivity index (χ3v) is 7.40. The Balaban J connectivity index is 1.37. The number of amides is 3. The fourth-order valence-corrected chi connectivity index (χ4v) is 5.58. The second-order valence-corrected chi connectivity index (χ2v) is 10.1. The van der Waals surface area contributed by atoms with Crippen LogP contribution in [0.2, 0.25) is 5.02 Å². The van der Waals surface area contributed by atoms with Crippen LogP contribution in [0.5, 0.6) is 0 Å². The molecular formula is C24H18ClF3N4O4S. The molecule has 0 bridgehead atoms. The maximum Gasteiger partial charge on any atom is 0.416 e. The van der Waals surface area contributed by atoms with Crippen molar-refractivity contribution in [1.29, 1.82) is 0 Å². The third-order valence-electron chi connectivity index (χ3n) is 6.28. The van der Waals surface area contributed by atoms with E-state index in [1.54, 1.807) is 24.3 Å². The number of carbonyl (C=O) groups is 3. The lowest BCUT2D eigenvalue weighted by Gasteiger charge is -2.20. The summed E-state index contributed by atoms with van der Waals surface area (Å²) in [5.74, 6) is -0.481. The molecule has 1 N–H and O–H groups in total. The number of likely N-dealkylation sites (tertiary alicyclic amines) is 1. The van der Waals surface area contributed by atoms with Gasteiger partial charge in [0.15, 0.2) is 0 Å². The Bertz CT molecular complexity index is 1470. The van der Waals surface area contributed by atoms with Crippen molar-refractivity contribution in [2.24, 2.45) is 0 Å². The van der Waals surface area contributed by atoms with E-state index < -0.39 is 35.0 Å². The van der Waals surface area contributed by atoms with Gasteiger partial charge in [-0.15, -0.1) is 0 Å². The average molecular weight is 551 g/mol. The van der Waals surface area contributed by atoms with Gasteiger partial charge in [0.1, 0.15) is 0 Å². The van der Waals surface area contributed by atoms with Crippen molar-refractivity contribution in [1.82, 2.24) is 19.6 Å². The number of imide groups is 1. The van der Waals surface area contributed by atoms with Crippen molar-refractivity contribution in [2.75, 3.05) is 13.1 Å². The number of nitrogens with zero attached hydrogens (tertiary/aromatic N) is 4. The molecule has 2 aromatic carbocycles. The summed E-state index contributed by atoms with van der Waals surface area (Å²) in [6.07, 6.45) is -2.20. The SMILES string of the molecule is O=C(O)N1CC[C@H](N2C(=O)SC(=Cc3ccc4c(cnn4Cc4ccc(Cl)cc4C(F)(F)F)c3)C2=O)C1. The van der Waals surface area contributed by atoms with Crippen molar-refractivity contribution in [3.63, 3.8) is 0 Å². The van der Waals surface area contributed by atoms with E-state index in [1.165, 1.54) is 27.9 Å². The van der Waals surface area contributed by atoms with Crippen LogP contribution in [0.25, 0.3) is 17.0 Å². The van der Waals surface area contributed by atoms with Gasteiger partial charge in [-0.3, -0.25) is 19.2 Å². The highest BCUT2D eigenvalue weighted by atomic mass is 35.5. The fourth-order valence-electron chi connectivity index (χ4n) is 4.51. The van der Waals surface area contributed by atoms with Gasteiger partial charge in [-0.1, -0.05) is 23.7 Å². The Morgan fingerprint density at radius 2 is 2.00 bits per heavy atom. The lowest BCUT2D eigenvalue weighted by Crippen LogP contribution is -2.41. The van der Waals surface area contributed by atoms with Crippen molar-refractivity contribution >= 4 is 57.6 Å². The highest BCUT2D eigenvalue weighted by Gasteiger charge is 2.43.